The lowest BCUT2D eigenvalue weighted by Gasteiger charge is -2.34. The smallest absolute Gasteiger partial charge is 0.305 e. The van der Waals surface area contributed by atoms with E-state index in [4.69, 9.17) is 18.9 Å². The molecule has 0 bridgehead atoms. The molecule has 0 aliphatic carbocycles. The molecule has 1 unspecified atom stereocenters. The number of carbonyl (C=O) groups is 3. The Morgan fingerprint density at radius 3 is 0.851 bits per heavy atom. The molecule has 0 rings (SSSR count). The molecule has 0 radical (unpaired) electrons. The fourth-order valence-corrected chi connectivity index (χ4v) is 8.98. The zero-order valence-electron chi connectivity index (χ0n) is 49.4. The summed E-state index contributed by atoms with van der Waals surface area (Å²) >= 11 is 0. The van der Waals surface area contributed by atoms with Gasteiger partial charge in [-0.25, -0.2) is 0 Å². The summed E-state index contributed by atoms with van der Waals surface area (Å²) in [5.74, 6) is -1.02. The van der Waals surface area contributed by atoms with Crippen LogP contribution in [0.2, 0.25) is 0 Å². The topological polar surface area (TPSA) is 108 Å². The number of unbranched alkanes of at least 4 members (excludes halogenated alkanes) is 33. The number of allylic oxidation sites excluding steroid dienone is 6. The van der Waals surface area contributed by atoms with E-state index < -0.39 is 11.7 Å². The first-order valence-corrected chi connectivity index (χ1v) is 31.0. The van der Waals surface area contributed by atoms with Crippen LogP contribution in [-0.2, 0) is 33.3 Å². The highest BCUT2D eigenvalue weighted by Crippen LogP contribution is 2.24. The number of quaternary nitrogens is 1. The summed E-state index contributed by atoms with van der Waals surface area (Å²) in [6.45, 7) is 6.51. The molecule has 0 aromatic carbocycles. The maximum atomic E-state index is 13.2. The van der Waals surface area contributed by atoms with Gasteiger partial charge in [-0.1, -0.05) is 211 Å². The predicted molar refractivity (Wildman–Crippen MR) is 309 cm³/mol. The molecule has 1 atom stereocenters. The van der Waals surface area contributed by atoms with Crippen LogP contribution in [0.15, 0.2) is 36.5 Å². The van der Waals surface area contributed by atoms with Crippen LogP contribution >= 0.6 is 0 Å². The Labute approximate surface area is 464 Å². The van der Waals surface area contributed by atoms with E-state index >= 15 is 0 Å². The monoisotopic (exact) mass is 1070 g/mol. The van der Waals surface area contributed by atoms with Crippen molar-refractivity contribution in [2.45, 2.75) is 297 Å². The number of aliphatic hydroxyl groups excluding tert-OH is 1. The second kappa shape index (κ2) is 55.6. The van der Waals surface area contributed by atoms with Gasteiger partial charge in [0.15, 0.2) is 0 Å². The molecule has 9 nitrogen and oxygen atoms in total. The second-order valence-corrected chi connectivity index (χ2v) is 22.7. The van der Waals surface area contributed by atoms with Crippen LogP contribution in [0.1, 0.15) is 290 Å². The minimum atomic E-state index is -1.18. The molecule has 0 heterocycles. The number of halogens is 1. The van der Waals surface area contributed by atoms with E-state index in [0.29, 0.717) is 11.0 Å². The predicted octanol–water partition coefficient (Wildman–Crippen LogP) is 14.8. The van der Waals surface area contributed by atoms with Crippen molar-refractivity contribution in [3.05, 3.63) is 36.5 Å². The Morgan fingerprint density at radius 1 is 0.378 bits per heavy atom. The Bertz CT molecular complexity index is 1190. The third-order valence-electron chi connectivity index (χ3n) is 13.8. The number of hydrogen-bond acceptors (Lipinski definition) is 8. The summed E-state index contributed by atoms with van der Waals surface area (Å²) in [5, 5.41) is 10.9. The van der Waals surface area contributed by atoms with Crippen LogP contribution in [0.3, 0.4) is 0 Å². The Morgan fingerprint density at radius 2 is 0.608 bits per heavy atom. The van der Waals surface area contributed by atoms with Gasteiger partial charge in [0.25, 0.3) is 0 Å². The number of rotatable bonds is 56. The fourth-order valence-electron chi connectivity index (χ4n) is 8.98. The summed E-state index contributed by atoms with van der Waals surface area (Å²) in [4.78, 5) is 39.6. The molecular weight excluding hydrogens is 946 g/mol. The molecule has 0 saturated carbocycles. The van der Waals surface area contributed by atoms with E-state index in [-0.39, 0.29) is 76.0 Å². The average molecular weight is 1070 g/mol. The lowest BCUT2D eigenvalue weighted by Crippen LogP contribution is -3.00. The van der Waals surface area contributed by atoms with E-state index in [2.05, 4.69) is 57.2 Å². The Hall–Kier alpha value is -2.20. The highest BCUT2D eigenvalue weighted by atomic mass is 35.5. The molecule has 0 aromatic rings. The van der Waals surface area contributed by atoms with Crippen molar-refractivity contribution >= 4 is 17.9 Å². The van der Waals surface area contributed by atoms with Crippen molar-refractivity contribution in [2.75, 3.05) is 54.1 Å². The number of aliphatic hydroxyl groups is 1. The highest BCUT2D eigenvalue weighted by molar-refractivity contribution is 5.70. The first-order valence-electron chi connectivity index (χ1n) is 31.0. The van der Waals surface area contributed by atoms with Gasteiger partial charge in [0.1, 0.15) is 26.4 Å². The molecule has 1 N–H and O–H groups in total. The van der Waals surface area contributed by atoms with Gasteiger partial charge in [-0.2, -0.15) is 0 Å². The number of carbonyl (C=O) groups excluding carboxylic acids is 3. The van der Waals surface area contributed by atoms with Crippen molar-refractivity contribution in [3.63, 3.8) is 0 Å². The van der Waals surface area contributed by atoms with Crippen LogP contribution in [0.25, 0.3) is 0 Å². The van der Waals surface area contributed by atoms with Crippen LogP contribution < -0.4 is 12.4 Å². The van der Waals surface area contributed by atoms with E-state index in [1.807, 2.05) is 21.1 Å². The molecule has 0 aliphatic rings. The van der Waals surface area contributed by atoms with Gasteiger partial charge in [0, 0.05) is 19.3 Å². The van der Waals surface area contributed by atoms with Crippen LogP contribution in [-0.4, -0.2) is 87.9 Å². The summed E-state index contributed by atoms with van der Waals surface area (Å²) in [6, 6.07) is 0. The molecule has 0 aromatic heterocycles. The van der Waals surface area contributed by atoms with Crippen molar-refractivity contribution < 1.29 is 55.3 Å². The lowest BCUT2D eigenvalue weighted by molar-refractivity contribution is -0.876. The van der Waals surface area contributed by atoms with E-state index in [9.17, 15) is 19.5 Å². The van der Waals surface area contributed by atoms with Crippen LogP contribution in [0.4, 0.5) is 0 Å². The van der Waals surface area contributed by atoms with Gasteiger partial charge in [-0.3, -0.25) is 14.4 Å². The minimum Gasteiger partial charge on any atom is -1.00 e. The van der Waals surface area contributed by atoms with E-state index in [1.54, 1.807) is 0 Å². The lowest BCUT2D eigenvalue weighted by atomic mass is 9.92. The number of likely N-dealkylation sites (N-methyl/N-ethyl adjacent to an activating group) is 1. The van der Waals surface area contributed by atoms with E-state index in [0.717, 1.165) is 116 Å². The average Bonchev–Trinajstić information content (AvgIpc) is 3.36. The van der Waals surface area contributed by atoms with Gasteiger partial charge >= 0.3 is 17.9 Å². The molecule has 0 amide bonds. The summed E-state index contributed by atoms with van der Waals surface area (Å²) in [7, 11) is 5.89. The normalized spacial score (nSPS) is 12.5. The van der Waals surface area contributed by atoms with E-state index in [1.165, 1.54) is 135 Å². The molecule has 0 fully saturated rings. The van der Waals surface area contributed by atoms with Gasteiger partial charge in [0.05, 0.1) is 33.2 Å². The van der Waals surface area contributed by atoms with Crippen LogP contribution in [0.5, 0.6) is 0 Å². The van der Waals surface area contributed by atoms with Gasteiger partial charge < -0.3 is 40.9 Å². The molecule has 0 aliphatic heterocycles. The third kappa shape index (κ3) is 54.6. The molecule has 0 saturated heterocycles. The Kier molecular flexibility index (Phi) is 55.5. The third-order valence-corrected chi connectivity index (χ3v) is 13.8. The number of hydrogen-bond donors (Lipinski definition) is 1. The van der Waals surface area contributed by atoms with Gasteiger partial charge in [-0.15, -0.1) is 0 Å². The fraction of sp³-hybridized carbons (Fsp3) is 0.859. The SMILES string of the molecule is CCCCCCCC/C=C\CCCCCCCC(=O)OCC(COC(=O)CCCCCCC/C=C\CCCCCCCC)(COC(=O)CCCCCCC/C=C\CCCCCCCC)COC(O)C[N+](C)(C)C.[Cl-]. The van der Waals surface area contributed by atoms with Gasteiger partial charge in [-0.05, 0) is 96.3 Å². The molecule has 10 heteroatoms. The standard InChI is InChI=1S/C64H120NO8.ClH/c1-7-10-13-16-19-22-25-28-31-34-37-40-43-46-49-52-60(66)70-56-64(59-73-63(69)55-65(4,5)6,57-71-61(67)53-50-47-44-41-38-35-32-29-26-23-20-17-14-11-8-2)58-72-62(68)54-51-48-45-42-39-36-33-30-27-24-21-18-15-12-9-3;/h28-33,63,69H,7-27,34-59H2,1-6H3;1H/q+1;/p-1/b31-28-,32-29-,33-30-;. The molecule has 0 spiro atoms. The van der Waals surface area contributed by atoms with Crippen molar-refractivity contribution in [3.8, 4) is 0 Å². The van der Waals surface area contributed by atoms with Crippen molar-refractivity contribution in [2.24, 2.45) is 5.41 Å². The maximum absolute atomic E-state index is 13.2. The Balaban J connectivity index is 0. The molecule has 436 valence electrons. The first-order chi connectivity index (χ1) is 35.5. The second-order valence-electron chi connectivity index (χ2n) is 22.7. The minimum absolute atomic E-state index is 0. The maximum Gasteiger partial charge on any atom is 0.305 e. The zero-order chi connectivity index (χ0) is 53.6. The molecular formula is C64H120ClNO8. The number of esters is 3. The van der Waals surface area contributed by atoms with Gasteiger partial charge in [0.2, 0.25) is 6.29 Å². The summed E-state index contributed by atoms with van der Waals surface area (Å²) in [5.41, 5.74) is -1.18. The largest absolute Gasteiger partial charge is 1.00 e. The summed E-state index contributed by atoms with van der Waals surface area (Å²) < 4.78 is 24.2. The summed E-state index contributed by atoms with van der Waals surface area (Å²) in [6.07, 6.45) is 59.7. The van der Waals surface area contributed by atoms with Crippen LogP contribution in [0, 0.1) is 5.41 Å². The number of ether oxygens (including phenoxy) is 4. The zero-order valence-corrected chi connectivity index (χ0v) is 50.2. The quantitative estimate of drug-likeness (QED) is 0.0160. The molecule has 74 heavy (non-hydrogen) atoms. The van der Waals surface area contributed by atoms with Crippen molar-refractivity contribution in [1.29, 1.82) is 0 Å². The highest BCUT2D eigenvalue weighted by Gasteiger charge is 2.38. The van der Waals surface area contributed by atoms with Crippen molar-refractivity contribution in [1.82, 2.24) is 0 Å². The first kappa shape index (κ1) is 73.9. The number of nitrogens with zero attached hydrogens (tertiary/aromatic N) is 1.